The van der Waals surface area contributed by atoms with E-state index in [1.807, 2.05) is 0 Å². The van der Waals surface area contributed by atoms with Crippen LogP contribution in [0.5, 0.6) is 0 Å². The molecule has 0 aliphatic carbocycles. The number of benzene rings is 2. The molecule has 126 valence electrons. The molecule has 0 aliphatic rings. The zero-order chi connectivity index (χ0) is 17.9. The molecule has 4 nitrogen and oxygen atoms in total. The molecule has 2 aromatic rings. The Morgan fingerprint density at radius 3 is 2.46 bits per heavy atom. The van der Waals surface area contributed by atoms with Crippen molar-refractivity contribution in [2.24, 2.45) is 0 Å². The van der Waals surface area contributed by atoms with E-state index in [0.717, 1.165) is 6.07 Å². The quantitative estimate of drug-likeness (QED) is 0.818. The van der Waals surface area contributed by atoms with E-state index in [2.05, 4.69) is 5.32 Å². The van der Waals surface area contributed by atoms with Gasteiger partial charge in [-0.05, 0) is 30.3 Å². The van der Waals surface area contributed by atoms with Gasteiger partial charge in [0.1, 0.15) is 12.4 Å². The lowest BCUT2D eigenvalue weighted by Crippen LogP contribution is -2.36. The maximum atomic E-state index is 13.3. The molecule has 2 amide bonds. The van der Waals surface area contributed by atoms with Gasteiger partial charge in [-0.3, -0.25) is 9.59 Å². The summed E-state index contributed by atoms with van der Waals surface area (Å²) in [5.74, 6) is -1.50. The molecule has 0 radical (unpaired) electrons. The highest BCUT2D eigenvalue weighted by Crippen LogP contribution is 2.29. The average Bonchev–Trinajstić information content (AvgIpc) is 2.52. The Bertz CT molecular complexity index is 799. The molecule has 0 spiro atoms. The maximum absolute atomic E-state index is 13.3. The predicted molar refractivity (Wildman–Crippen MR) is 94.5 cm³/mol. The minimum Gasteiger partial charge on any atom is -0.323 e. The first-order chi connectivity index (χ1) is 11.3. The van der Waals surface area contributed by atoms with Crippen LogP contribution in [0.15, 0.2) is 36.4 Å². The molecule has 0 saturated carbocycles. The molecule has 0 fully saturated rings. The molecule has 0 unspecified atom stereocenters. The number of hydrogen-bond acceptors (Lipinski definition) is 2. The zero-order valence-corrected chi connectivity index (χ0v) is 14.7. The molecule has 0 aliphatic heterocycles. The van der Waals surface area contributed by atoms with E-state index in [4.69, 9.17) is 34.8 Å². The van der Waals surface area contributed by atoms with Gasteiger partial charge >= 0.3 is 0 Å². The van der Waals surface area contributed by atoms with Crippen LogP contribution in [0.4, 0.5) is 15.8 Å². The Morgan fingerprint density at radius 2 is 1.83 bits per heavy atom. The first-order valence-electron chi connectivity index (χ1n) is 6.76. The standard InChI is InChI=1S/C16H12Cl3FN2O2/c1-9(23)22(10-5-6-13(20)12(18)7-10)8-15(24)21-14-4-2-3-11(17)16(14)19/h2-7H,8H2,1H3,(H,21,24). The predicted octanol–water partition coefficient (Wildman–Crippen LogP) is 4.78. The van der Waals surface area contributed by atoms with Crippen molar-refractivity contribution in [2.75, 3.05) is 16.8 Å². The van der Waals surface area contributed by atoms with Crippen LogP contribution in [-0.4, -0.2) is 18.4 Å². The van der Waals surface area contributed by atoms with E-state index >= 15 is 0 Å². The number of carbonyl (C=O) groups is 2. The first kappa shape index (κ1) is 18.5. The Morgan fingerprint density at radius 1 is 1.12 bits per heavy atom. The number of carbonyl (C=O) groups excluding carboxylic acids is 2. The van der Waals surface area contributed by atoms with E-state index in [1.165, 1.54) is 24.0 Å². The Kier molecular flexibility index (Phi) is 6.04. The van der Waals surface area contributed by atoms with Gasteiger partial charge in [0.25, 0.3) is 0 Å². The fourth-order valence-electron chi connectivity index (χ4n) is 1.97. The fourth-order valence-corrected chi connectivity index (χ4v) is 2.49. The minimum atomic E-state index is -0.612. The normalized spacial score (nSPS) is 10.4. The Hall–Kier alpha value is -1.82. The smallest absolute Gasteiger partial charge is 0.244 e. The van der Waals surface area contributed by atoms with Crippen LogP contribution in [0.25, 0.3) is 0 Å². The van der Waals surface area contributed by atoms with Crippen molar-refractivity contribution in [3.63, 3.8) is 0 Å². The first-order valence-corrected chi connectivity index (χ1v) is 7.90. The van der Waals surface area contributed by atoms with E-state index in [0.29, 0.717) is 16.4 Å². The van der Waals surface area contributed by atoms with Crippen molar-refractivity contribution >= 4 is 58.0 Å². The van der Waals surface area contributed by atoms with Crippen LogP contribution in [0.3, 0.4) is 0 Å². The number of halogens is 4. The highest BCUT2D eigenvalue weighted by molar-refractivity contribution is 6.44. The van der Waals surface area contributed by atoms with Gasteiger partial charge in [-0.25, -0.2) is 4.39 Å². The zero-order valence-electron chi connectivity index (χ0n) is 12.4. The second-order valence-electron chi connectivity index (χ2n) is 4.85. The second-order valence-corrected chi connectivity index (χ2v) is 6.05. The number of nitrogens with one attached hydrogen (secondary N) is 1. The summed E-state index contributed by atoms with van der Waals surface area (Å²) in [6.45, 7) is 0.997. The van der Waals surface area contributed by atoms with E-state index in [9.17, 15) is 14.0 Å². The van der Waals surface area contributed by atoms with Gasteiger partial charge in [-0.2, -0.15) is 0 Å². The molecule has 1 N–H and O–H groups in total. The third-order valence-corrected chi connectivity index (χ3v) is 4.23. The van der Waals surface area contributed by atoms with Crippen LogP contribution in [0.1, 0.15) is 6.92 Å². The summed E-state index contributed by atoms with van der Waals surface area (Å²) >= 11 is 17.6. The molecule has 0 bridgehead atoms. The molecule has 0 aromatic heterocycles. The van der Waals surface area contributed by atoms with Crippen molar-refractivity contribution in [1.29, 1.82) is 0 Å². The van der Waals surface area contributed by atoms with Crippen LogP contribution in [-0.2, 0) is 9.59 Å². The van der Waals surface area contributed by atoms with E-state index < -0.39 is 17.6 Å². The lowest BCUT2D eigenvalue weighted by molar-refractivity contribution is -0.120. The molecule has 24 heavy (non-hydrogen) atoms. The van der Waals surface area contributed by atoms with Crippen molar-refractivity contribution in [3.05, 3.63) is 57.3 Å². The van der Waals surface area contributed by atoms with E-state index in [-0.39, 0.29) is 16.6 Å². The van der Waals surface area contributed by atoms with Gasteiger partial charge in [-0.1, -0.05) is 40.9 Å². The lowest BCUT2D eigenvalue weighted by atomic mass is 10.2. The highest BCUT2D eigenvalue weighted by Gasteiger charge is 2.18. The Labute approximate surface area is 153 Å². The lowest BCUT2D eigenvalue weighted by Gasteiger charge is -2.21. The monoisotopic (exact) mass is 388 g/mol. The summed E-state index contributed by atoms with van der Waals surface area (Å²) in [7, 11) is 0. The number of hydrogen-bond donors (Lipinski definition) is 1. The summed E-state index contributed by atoms with van der Waals surface area (Å²) in [4.78, 5) is 25.2. The third-order valence-electron chi connectivity index (χ3n) is 3.12. The maximum Gasteiger partial charge on any atom is 0.244 e. The molecule has 0 saturated heterocycles. The molecule has 8 heteroatoms. The molecule has 0 atom stereocenters. The van der Waals surface area contributed by atoms with Gasteiger partial charge in [0, 0.05) is 12.6 Å². The SMILES string of the molecule is CC(=O)N(CC(=O)Nc1cccc(Cl)c1Cl)c1ccc(F)c(Cl)c1. The number of nitrogens with zero attached hydrogens (tertiary/aromatic N) is 1. The summed E-state index contributed by atoms with van der Waals surface area (Å²) in [5, 5.41) is 2.93. The summed E-state index contributed by atoms with van der Waals surface area (Å²) in [5.41, 5.74) is 0.635. The summed E-state index contributed by atoms with van der Waals surface area (Å²) in [6.07, 6.45) is 0. The summed E-state index contributed by atoms with van der Waals surface area (Å²) < 4.78 is 13.3. The Balaban J connectivity index is 2.18. The highest BCUT2D eigenvalue weighted by atomic mass is 35.5. The third kappa shape index (κ3) is 4.38. The van der Waals surface area contributed by atoms with Gasteiger partial charge in [0.05, 0.1) is 20.8 Å². The van der Waals surface area contributed by atoms with Crippen molar-refractivity contribution in [1.82, 2.24) is 0 Å². The number of rotatable bonds is 4. The number of anilines is 2. The minimum absolute atomic E-state index is 0.142. The second kappa shape index (κ2) is 7.83. The van der Waals surface area contributed by atoms with Gasteiger partial charge in [0.15, 0.2) is 0 Å². The van der Waals surface area contributed by atoms with Gasteiger partial charge in [0.2, 0.25) is 11.8 Å². The molecule has 2 rings (SSSR count). The summed E-state index contributed by atoms with van der Waals surface area (Å²) in [6, 6.07) is 8.56. The molecule has 2 aromatic carbocycles. The number of amides is 2. The van der Waals surface area contributed by atoms with Crippen molar-refractivity contribution < 1.29 is 14.0 Å². The van der Waals surface area contributed by atoms with Crippen molar-refractivity contribution in [2.45, 2.75) is 6.92 Å². The average molecular weight is 390 g/mol. The molecule has 0 heterocycles. The van der Waals surface area contributed by atoms with Gasteiger partial charge < -0.3 is 10.2 Å². The molecular formula is C16H12Cl3FN2O2. The molecular weight excluding hydrogens is 378 g/mol. The van der Waals surface area contributed by atoms with E-state index in [1.54, 1.807) is 18.2 Å². The van der Waals surface area contributed by atoms with Crippen LogP contribution in [0.2, 0.25) is 15.1 Å². The fraction of sp³-hybridized carbons (Fsp3) is 0.125. The van der Waals surface area contributed by atoms with Crippen molar-refractivity contribution in [3.8, 4) is 0 Å². The van der Waals surface area contributed by atoms with Crippen LogP contribution < -0.4 is 10.2 Å². The van der Waals surface area contributed by atoms with Crippen LogP contribution in [0, 0.1) is 5.82 Å². The van der Waals surface area contributed by atoms with Crippen LogP contribution >= 0.6 is 34.8 Å². The topological polar surface area (TPSA) is 49.4 Å². The van der Waals surface area contributed by atoms with Gasteiger partial charge in [-0.15, -0.1) is 0 Å². The largest absolute Gasteiger partial charge is 0.323 e.